The maximum absolute atomic E-state index is 11.0. The van der Waals surface area contributed by atoms with Gasteiger partial charge in [0, 0.05) is 10.9 Å². The van der Waals surface area contributed by atoms with E-state index in [1.54, 1.807) is 6.92 Å². The number of carbonyl (C=O) groups excluding carboxylic acids is 1. The van der Waals surface area contributed by atoms with Crippen LogP contribution in [-0.2, 0) is 11.2 Å². The van der Waals surface area contributed by atoms with Crippen LogP contribution in [-0.4, -0.2) is 5.78 Å². The lowest BCUT2D eigenvalue weighted by atomic mass is 10.0. The Bertz CT molecular complexity index is 342. The van der Waals surface area contributed by atoms with Crippen molar-refractivity contribution in [2.24, 2.45) is 0 Å². The number of ketones is 1. The van der Waals surface area contributed by atoms with E-state index in [-0.39, 0.29) is 5.78 Å². The van der Waals surface area contributed by atoms with Gasteiger partial charge < -0.3 is 0 Å². The highest BCUT2D eigenvalue weighted by molar-refractivity contribution is 9.10. The van der Waals surface area contributed by atoms with Gasteiger partial charge in [0.2, 0.25) is 0 Å². The molecule has 0 fully saturated rings. The second kappa shape index (κ2) is 4.05. The maximum atomic E-state index is 11.0. The van der Waals surface area contributed by atoms with Crippen LogP contribution in [0.15, 0.2) is 16.6 Å². The van der Waals surface area contributed by atoms with Crippen LogP contribution in [0.25, 0.3) is 0 Å². The molecule has 0 atom stereocenters. The number of rotatable bonds is 2. The lowest BCUT2D eigenvalue weighted by Gasteiger charge is -2.07. The number of hydrogen-bond donors (Lipinski definition) is 0. The van der Waals surface area contributed by atoms with Gasteiger partial charge in [0.25, 0.3) is 0 Å². The van der Waals surface area contributed by atoms with Gasteiger partial charge in [0.1, 0.15) is 5.78 Å². The number of aryl methyl sites for hydroxylation is 2. The van der Waals surface area contributed by atoms with Crippen LogP contribution in [0.3, 0.4) is 0 Å². The largest absolute Gasteiger partial charge is 0.300 e. The van der Waals surface area contributed by atoms with Crippen LogP contribution in [0.4, 0.5) is 0 Å². The van der Waals surface area contributed by atoms with E-state index >= 15 is 0 Å². The molecule has 13 heavy (non-hydrogen) atoms. The average Bonchev–Trinajstić information content (AvgIpc) is 1.98. The maximum Gasteiger partial charge on any atom is 0.134 e. The molecule has 1 rings (SSSR count). The summed E-state index contributed by atoms with van der Waals surface area (Å²) >= 11 is 3.49. The molecule has 2 heteroatoms. The first-order chi connectivity index (χ1) is 6.00. The van der Waals surface area contributed by atoms with Crippen molar-refractivity contribution in [3.8, 4) is 0 Å². The average molecular weight is 241 g/mol. The first kappa shape index (κ1) is 10.5. The van der Waals surface area contributed by atoms with Crippen LogP contribution in [0.5, 0.6) is 0 Å². The third-order valence-corrected chi connectivity index (χ3v) is 3.05. The lowest BCUT2D eigenvalue weighted by Crippen LogP contribution is -1.99. The Balaban J connectivity index is 3.12. The third kappa shape index (κ3) is 2.66. The Kier molecular flexibility index (Phi) is 3.26. The molecular formula is C11H13BrO. The third-order valence-electron chi connectivity index (χ3n) is 1.91. The first-order valence-corrected chi connectivity index (χ1v) is 5.05. The Morgan fingerprint density at radius 1 is 1.38 bits per heavy atom. The molecule has 0 saturated carbocycles. The highest BCUT2D eigenvalue weighted by atomic mass is 79.9. The summed E-state index contributed by atoms with van der Waals surface area (Å²) in [5.74, 6) is 0.200. The zero-order valence-corrected chi connectivity index (χ0v) is 9.73. The summed E-state index contributed by atoms with van der Waals surface area (Å²) in [5.41, 5.74) is 3.48. The van der Waals surface area contributed by atoms with Crippen LogP contribution < -0.4 is 0 Å². The summed E-state index contributed by atoms with van der Waals surface area (Å²) in [6.07, 6.45) is 0.517. The molecule has 0 aliphatic rings. The number of hydrogen-bond acceptors (Lipinski definition) is 1. The molecule has 1 aromatic carbocycles. The fraction of sp³-hybridized carbons (Fsp3) is 0.364. The predicted octanol–water partition coefficient (Wildman–Crippen LogP) is 3.20. The molecule has 0 N–H and O–H groups in total. The van der Waals surface area contributed by atoms with Gasteiger partial charge in [0.05, 0.1) is 0 Å². The highest BCUT2D eigenvalue weighted by Gasteiger charge is 2.05. The molecule has 0 bridgehead atoms. The van der Waals surface area contributed by atoms with E-state index in [0.717, 1.165) is 10.0 Å². The van der Waals surface area contributed by atoms with Gasteiger partial charge in [0.15, 0.2) is 0 Å². The second-order valence-corrected chi connectivity index (χ2v) is 4.23. The molecular weight excluding hydrogens is 228 g/mol. The second-order valence-electron chi connectivity index (χ2n) is 3.43. The minimum Gasteiger partial charge on any atom is -0.300 e. The fourth-order valence-corrected chi connectivity index (χ4v) is 1.80. The monoisotopic (exact) mass is 240 g/mol. The van der Waals surface area contributed by atoms with Gasteiger partial charge in [-0.3, -0.25) is 4.79 Å². The van der Waals surface area contributed by atoms with Crippen molar-refractivity contribution < 1.29 is 4.79 Å². The zero-order valence-electron chi connectivity index (χ0n) is 8.15. The summed E-state index contributed by atoms with van der Waals surface area (Å²) in [7, 11) is 0. The van der Waals surface area contributed by atoms with Crippen molar-refractivity contribution in [1.82, 2.24) is 0 Å². The van der Waals surface area contributed by atoms with Crippen molar-refractivity contribution in [3.05, 3.63) is 33.3 Å². The van der Waals surface area contributed by atoms with E-state index in [1.165, 1.54) is 11.1 Å². The summed E-state index contributed by atoms with van der Waals surface area (Å²) in [6, 6.07) is 4.16. The number of carbonyl (C=O) groups is 1. The van der Waals surface area contributed by atoms with E-state index in [1.807, 2.05) is 13.8 Å². The van der Waals surface area contributed by atoms with Gasteiger partial charge in [-0.15, -0.1) is 0 Å². The Morgan fingerprint density at radius 2 is 2.00 bits per heavy atom. The molecule has 0 saturated heterocycles. The summed E-state index contributed by atoms with van der Waals surface area (Å²) in [6.45, 7) is 5.70. The minimum absolute atomic E-state index is 0.200. The first-order valence-electron chi connectivity index (χ1n) is 4.25. The molecule has 1 aromatic rings. The molecule has 0 heterocycles. The van der Waals surface area contributed by atoms with E-state index in [0.29, 0.717) is 6.42 Å². The smallest absolute Gasteiger partial charge is 0.134 e. The van der Waals surface area contributed by atoms with Gasteiger partial charge in [-0.25, -0.2) is 0 Å². The SMILES string of the molecule is CC(=O)Cc1cc(C)cc(C)c1Br. The van der Waals surface area contributed by atoms with Gasteiger partial charge in [-0.1, -0.05) is 33.6 Å². The van der Waals surface area contributed by atoms with Crippen LogP contribution in [0, 0.1) is 13.8 Å². The fourth-order valence-electron chi connectivity index (χ4n) is 1.43. The van der Waals surface area contributed by atoms with Crippen molar-refractivity contribution in [2.75, 3.05) is 0 Å². The number of Topliss-reactive ketones (excluding diaryl/α,β-unsaturated/α-hetero) is 1. The number of halogens is 1. The van der Waals surface area contributed by atoms with Crippen molar-refractivity contribution in [3.63, 3.8) is 0 Å². The minimum atomic E-state index is 0.200. The summed E-state index contributed by atoms with van der Waals surface area (Å²) in [5, 5.41) is 0. The summed E-state index contributed by atoms with van der Waals surface area (Å²) < 4.78 is 1.06. The van der Waals surface area contributed by atoms with E-state index in [4.69, 9.17) is 0 Å². The van der Waals surface area contributed by atoms with E-state index in [9.17, 15) is 4.79 Å². The van der Waals surface area contributed by atoms with Gasteiger partial charge in [-0.05, 0) is 31.9 Å². The summed E-state index contributed by atoms with van der Waals surface area (Å²) in [4.78, 5) is 11.0. The quantitative estimate of drug-likeness (QED) is 0.777. The lowest BCUT2D eigenvalue weighted by molar-refractivity contribution is -0.116. The molecule has 0 aromatic heterocycles. The molecule has 0 aliphatic heterocycles. The van der Waals surface area contributed by atoms with Crippen LogP contribution in [0.2, 0.25) is 0 Å². The van der Waals surface area contributed by atoms with Crippen molar-refractivity contribution in [2.45, 2.75) is 27.2 Å². The van der Waals surface area contributed by atoms with Gasteiger partial charge in [-0.2, -0.15) is 0 Å². The molecule has 0 radical (unpaired) electrons. The van der Waals surface area contributed by atoms with E-state index < -0.39 is 0 Å². The van der Waals surface area contributed by atoms with E-state index in [2.05, 4.69) is 28.1 Å². The van der Waals surface area contributed by atoms with Crippen LogP contribution >= 0.6 is 15.9 Å². The highest BCUT2D eigenvalue weighted by Crippen LogP contribution is 2.23. The molecule has 0 spiro atoms. The van der Waals surface area contributed by atoms with Gasteiger partial charge >= 0.3 is 0 Å². The Hall–Kier alpha value is -0.630. The topological polar surface area (TPSA) is 17.1 Å². The molecule has 70 valence electrons. The van der Waals surface area contributed by atoms with Crippen LogP contribution in [0.1, 0.15) is 23.6 Å². The zero-order chi connectivity index (χ0) is 10.0. The molecule has 1 nitrogen and oxygen atoms in total. The number of benzene rings is 1. The predicted molar refractivity (Wildman–Crippen MR) is 58.0 cm³/mol. The Morgan fingerprint density at radius 3 is 2.54 bits per heavy atom. The van der Waals surface area contributed by atoms with Crippen molar-refractivity contribution >= 4 is 21.7 Å². The van der Waals surface area contributed by atoms with Crippen molar-refractivity contribution in [1.29, 1.82) is 0 Å². The Labute approximate surface area is 87.3 Å². The standard InChI is InChI=1S/C11H13BrO/c1-7-4-8(2)11(12)10(5-7)6-9(3)13/h4-5H,6H2,1-3H3. The molecule has 0 amide bonds. The molecule has 0 unspecified atom stereocenters. The molecule has 0 aliphatic carbocycles. The normalized spacial score (nSPS) is 10.2.